The second kappa shape index (κ2) is 9.20. The predicted molar refractivity (Wildman–Crippen MR) is 120 cm³/mol. The number of urea groups is 1. The lowest BCUT2D eigenvalue weighted by molar-refractivity contribution is 0.235. The molecule has 1 aromatic heterocycles. The number of amides is 2. The van der Waals surface area contributed by atoms with Crippen LogP contribution in [-0.2, 0) is 12.8 Å². The fourth-order valence-corrected chi connectivity index (χ4v) is 4.28. The van der Waals surface area contributed by atoms with Crippen molar-refractivity contribution in [2.45, 2.75) is 31.7 Å². The van der Waals surface area contributed by atoms with Gasteiger partial charge in [0.1, 0.15) is 5.75 Å². The van der Waals surface area contributed by atoms with Gasteiger partial charge in [0.05, 0.1) is 27.4 Å². The summed E-state index contributed by atoms with van der Waals surface area (Å²) in [5.41, 5.74) is 4.52. The van der Waals surface area contributed by atoms with E-state index in [1.54, 1.807) is 21.3 Å². The number of rotatable bonds is 7. The van der Waals surface area contributed by atoms with E-state index in [0.29, 0.717) is 24.5 Å². The van der Waals surface area contributed by atoms with Gasteiger partial charge in [-0.25, -0.2) is 4.79 Å². The highest BCUT2D eigenvalue weighted by Crippen LogP contribution is 2.36. The summed E-state index contributed by atoms with van der Waals surface area (Å²) >= 11 is 0. The number of methoxy groups -OCH3 is 3. The molecule has 0 aliphatic heterocycles. The second-order valence-electron chi connectivity index (χ2n) is 7.71. The molecule has 2 amide bonds. The molecule has 0 radical (unpaired) electrons. The smallest absolute Gasteiger partial charge is 0.315 e. The van der Waals surface area contributed by atoms with Gasteiger partial charge in [-0.2, -0.15) is 0 Å². The standard InChI is InChI=1S/C24H29N3O4/c1-29-16-8-9-19-18(14-16)17-5-4-6-20(23(17)26-19)27-24(28)25-12-11-15-7-10-21(30-2)22(13-15)31-3/h7-10,13-14,20,26H,4-6,11-12H2,1-3H3,(H2,25,27,28)/t20-/m0/s1. The molecule has 31 heavy (non-hydrogen) atoms. The van der Waals surface area contributed by atoms with E-state index in [2.05, 4.69) is 21.7 Å². The van der Waals surface area contributed by atoms with E-state index in [1.807, 2.05) is 30.3 Å². The lowest BCUT2D eigenvalue weighted by atomic mass is 9.92. The van der Waals surface area contributed by atoms with Gasteiger partial charge in [-0.1, -0.05) is 6.07 Å². The van der Waals surface area contributed by atoms with Crippen molar-refractivity contribution in [3.63, 3.8) is 0 Å². The van der Waals surface area contributed by atoms with E-state index in [9.17, 15) is 4.79 Å². The van der Waals surface area contributed by atoms with Crippen molar-refractivity contribution in [2.75, 3.05) is 27.9 Å². The molecule has 7 heteroatoms. The molecule has 3 N–H and O–H groups in total. The molecule has 3 aromatic rings. The highest BCUT2D eigenvalue weighted by atomic mass is 16.5. The monoisotopic (exact) mass is 423 g/mol. The van der Waals surface area contributed by atoms with Crippen LogP contribution in [0.25, 0.3) is 10.9 Å². The molecule has 0 saturated heterocycles. The van der Waals surface area contributed by atoms with Gasteiger partial charge < -0.3 is 29.8 Å². The molecule has 1 aliphatic rings. The summed E-state index contributed by atoms with van der Waals surface area (Å²) in [7, 11) is 4.91. The number of H-pyrrole nitrogens is 1. The van der Waals surface area contributed by atoms with Crippen LogP contribution in [0.2, 0.25) is 0 Å². The maximum atomic E-state index is 12.5. The minimum Gasteiger partial charge on any atom is -0.497 e. The number of hydrogen-bond donors (Lipinski definition) is 3. The summed E-state index contributed by atoms with van der Waals surface area (Å²) in [4.78, 5) is 16.1. The Labute approximate surface area is 182 Å². The first-order valence-corrected chi connectivity index (χ1v) is 10.6. The maximum Gasteiger partial charge on any atom is 0.315 e. The number of aromatic nitrogens is 1. The first kappa shape index (κ1) is 20.9. The van der Waals surface area contributed by atoms with E-state index in [4.69, 9.17) is 14.2 Å². The van der Waals surface area contributed by atoms with Gasteiger partial charge in [-0.05, 0) is 67.1 Å². The molecule has 7 nitrogen and oxygen atoms in total. The lowest BCUT2D eigenvalue weighted by Crippen LogP contribution is -2.40. The van der Waals surface area contributed by atoms with Gasteiger partial charge in [0.25, 0.3) is 0 Å². The van der Waals surface area contributed by atoms with Crippen LogP contribution in [0.15, 0.2) is 36.4 Å². The van der Waals surface area contributed by atoms with Crippen molar-refractivity contribution >= 4 is 16.9 Å². The van der Waals surface area contributed by atoms with Crippen molar-refractivity contribution in [3.8, 4) is 17.2 Å². The molecule has 0 spiro atoms. The van der Waals surface area contributed by atoms with Crippen molar-refractivity contribution < 1.29 is 19.0 Å². The molecule has 4 rings (SSSR count). The zero-order chi connectivity index (χ0) is 21.8. The molecule has 1 atom stereocenters. The van der Waals surface area contributed by atoms with Crippen LogP contribution in [0.1, 0.15) is 35.7 Å². The first-order chi connectivity index (χ1) is 15.1. The van der Waals surface area contributed by atoms with Gasteiger partial charge in [0.2, 0.25) is 0 Å². The number of nitrogens with one attached hydrogen (secondary N) is 3. The molecule has 2 aromatic carbocycles. The van der Waals surface area contributed by atoms with Crippen LogP contribution in [0.4, 0.5) is 4.79 Å². The molecule has 1 aliphatic carbocycles. The number of ether oxygens (including phenoxy) is 3. The van der Waals surface area contributed by atoms with Gasteiger partial charge in [-0.15, -0.1) is 0 Å². The zero-order valence-corrected chi connectivity index (χ0v) is 18.2. The largest absolute Gasteiger partial charge is 0.497 e. The first-order valence-electron chi connectivity index (χ1n) is 10.6. The van der Waals surface area contributed by atoms with Crippen molar-refractivity contribution in [3.05, 3.63) is 53.2 Å². The average molecular weight is 424 g/mol. The van der Waals surface area contributed by atoms with Gasteiger partial charge in [0, 0.05) is 23.1 Å². The summed E-state index contributed by atoms with van der Waals surface area (Å²) in [5.74, 6) is 2.23. The normalized spacial score (nSPS) is 15.3. The third-order valence-electron chi connectivity index (χ3n) is 5.87. The minimum absolute atomic E-state index is 0.0248. The number of hydrogen-bond acceptors (Lipinski definition) is 4. The Balaban J connectivity index is 1.38. The molecular formula is C24H29N3O4. The fourth-order valence-electron chi connectivity index (χ4n) is 4.28. The Morgan fingerprint density at radius 2 is 1.90 bits per heavy atom. The maximum absolute atomic E-state index is 12.5. The number of carbonyl (C=O) groups excluding carboxylic acids is 1. The van der Waals surface area contributed by atoms with Crippen LogP contribution in [-0.4, -0.2) is 38.9 Å². The van der Waals surface area contributed by atoms with E-state index >= 15 is 0 Å². The summed E-state index contributed by atoms with van der Waals surface area (Å²) < 4.78 is 16.0. The Kier molecular flexibility index (Phi) is 6.21. The molecule has 1 heterocycles. The van der Waals surface area contributed by atoms with E-state index in [-0.39, 0.29) is 12.1 Å². The fraction of sp³-hybridized carbons (Fsp3) is 0.375. The van der Waals surface area contributed by atoms with Crippen LogP contribution in [0.3, 0.4) is 0 Å². The van der Waals surface area contributed by atoms with Crippen molar-refractivity contribution in [1.29, 1.82) is 0 Å². The quantitative estimate of drug-likeness (QED) is 0.534. The molecular weight excluding hydrogens is 394 g/mol. The van der Waals surface area contributed by atoms with Crippen molar-refractivity contribution in [2.24, 2.45) is 0 Å². The summed E-state index contributed by atoms with van der Waals surface area (Å²) in [5, 5.41) is 7.28. The second-order valence-corrected chi connectivity index (χ2v) is 7.71. The Morgan fingerprint density at radius 1 is 1.06 bits per heavy atom. The zero-order valence-electron chi connectivity index (χ0n) is 18.2. The highest BCUT2D eigenvalue weighted by molar-refractivity contribution is 5.87. The molecule has 0 saturated carbocycles. The van der Waals surface area contributed by atoms with Gasteiger partial charge >= 0.3 is 6.03 Å². The Morgan fingerprint density at radius 3 is 2.68 bits per heavy atom. The van der Waals surface area contributed by atoms with Crippen LogP contribution < -0.4 is 24.8 Å². The SMILES string of the molecule is COc1ccc2[nH]c3c(c2c1)CCC[C@@H]3NC(=O)NCCc1ccc(OC)c(OC)c1. The Hall–Kier alpha value is -3.35. The lowest BCUT2D eigenvalue weighted by Gasteiger charge is -2.24. The Bertz CT molecular complexity index is 1080. The summed E-state index contributed by atoms with van der Waals surface area (Å²) in [6.07, 6.45) is 3.66. The summed E-state index contributed by atoms with van der Waals surface area (Å²) in [6.45, 7) is 0.533. The number of benzene rings is 2. The number of aromatic amines is 1. The van der Waals surface area contributed by atoms with E-state index < -0.39 is 0 Å². The molecule has 0 unspecified atom stereocenters. The predicted octanol–water partition coefficient (Wildman–Crippen LogP) is 4.11. The number of aryl methyl sites for hydroxylation is 1. The number of carbonyl (C=O) groups is 1. The summed E-state index contributed by atoms with van der Waals surface area (Å²) in [6, 6.07) is 11.7. The van der Waals surface area contributed by atoms with Crippen LogP contribution in [0.5, 0.6) is 17.2 Å². The van der Waals surface area contributed by atoms with Crippen LogP contribution >= 0.6 is 0 Å². The molecule has 0 fully saturated rings. The van der Waals surface area contributed by atoms with Gasteiger partial charge in [0.15, 0.2) is 11.5 Å². The van der Waals surface area contributed by atoms with E-state index in [0.717, 1.165) is 41.8 Å². The average Bonchev–Trinajstić information content (AvgIpc) is 3.17. The highest BCUT2D eigenvalue weighted by Gasteiger charge is 2.25. The molecule has 164 valence electrons. The topological polar surface area (TPSA) is 84.6 Å². The van der Waals surface area contributed by atoms with Gasteiger partial charge in [-0.3, -0.25) is 0 Å². The third-order valence-corrected chi connectivity index (χ3v) is 5.87. The third kappa shape index (κ3) is 4.40. The molecule has 0 bridgehead atoms. The minimum atomic E-state index is -0.158. The number of fused-ring (bicyclic) bond motifs is 3. The van der Waals surface area contributed by atoms with E-state index in [1.165, 1.54) is 10.9 Å². The van der Waals surface area contributed by atoms with Crippen LogP contribution in [0, 0.1) is 0 Å². The van der Waals surface area contributed by atoms with Crippen molar-refractivity contribution in [1.82, 2.24) is 15.6 Å².